The molecule has 0 heterocycles. The summed E-state index contributed by atoms with van der Waals surface area (Å²) in [6.45, 7) is 5.39. The van der Waals surface area contributed by atoms with E-state index in [1.165, 1.54) is 44.9 Å². The van der Waals surface area contributed by atoms with Crippen molar-refractivity contribution in [2.75, 3.05) is 54.1 Å². The molecule has 0 aliphatic rings. The Morgan fingerprint density at radius 2 is 1.21 bits per heavy atom. The van der Waals surface area contributed by atoms with Crippen molar-refractivity contribution < 1.29 is 37.3 Å². The third-order valence-electron chi connectivity index (χ3n) is 7.65. The van der Waals surface area contributed by atoms with Crippen LogP contribution in [0.4, 0.5) is 0 Å². The van der Waals surface area contributed by atoms with Gasteiger partial charge in [-0.25, -0.2) is 4.57 Å². The van der Waals surface area contributed by atoms with E-state index >= 15 is 0 Å². The van der Waals surface area contributed by atoms with E-state index in [2.05, 4.69) is 62.5 Å². The molecule has 48 heavy (non-hydrogen) atoms. The third-order valence-corrected chi connectivity index (χ3v) is 8.64. The number of ether oxygens (including phenoxy) is 2. The van der Waals surface area contributed by atoms with Gasteiger partial charge in [0.25, 0.3) is 0 Å². The number of phosphoric ester groups is 1. The molecule has 1 N–H and O–H groups in total. The first-order chi connectivity index (χ1) is 23.1. The monoisotopic (exact) mass is 699 g/mol. The maximum absolute atomic E-state index is 12.6. The fourth-order valence-corrected chi connectivity index (χ4v) is 5.46. The molecule has 0 radical (unpaired) electrons. The average Bonchev–Trinajstić information content (AvgIpc) is 3.03. The molecule has 0 aromatic heterocycles. The van der Waals surface area contributed by atoms with Gasteiger partial charge in [0.1, 0.15) is 19.3 Å². The largest absolute Gasteiger partial charge is 0.472 e. The zero-order valence-corrected chi connectivity index (χ0v) is 32.4. The Labute approximate surface area is 295 Å². The maximum atomic E-state index is 12.6. The summed E-state index contributed by atoms with van der Waals surface area (Å²) >= 11 is 0. The highest BCUT2D eigenvalue weighted by Gasteiger charge is 2.26. The number of allylic oxidation sites excluding steroid dienone is 8. The molecule has 0 spiro atoms. The number of hydrogen-bond donors (Lipinski definition) is 1. The SMILES string of the molecule is CC/C=C\C/C=C\C/C=C\C/C=C\CCCCCOCC(COP(=O)(O)OCC[N+](C)(C)C)OC(=O)CCCCCCCCCCCC. The van der Waals surface area contributed by atoms with Crippen LogP contribution in [-0.2, 0) is 27.9 Å². The summed E-state index contributed by atoms with van der Waals surface area (Å²) in [5.74, 6) is -0.330. The Bertz CT molecular complexity index is 911. The molecule has 2 atom stereocenters. The number of rotatable bonds is 34. The van der Waals surface area contributed by atoms with E-state index in [4.69, 9.17) is 18.5 Å². The van der Waals surface area contributed by atoms with Crippen LogP contribution in [0.3, 0.4) is 0 Å². The van der Waals surface area contributed by atoms with Gasteiger partial charge in [-0.3, -0.25) is 13.8 Å². The lowest BCUT2D eigenvalue weighted by molar-refractivity contribution is -0.870. The third kappa shape index (κ3) is 35.8. The van der Waals surface area contributed by atoms with Gasteiger partial charge in [-0.15, -0.1) is 0 Å². The molecule has 0 aromatic rings. The normalized spacial score (nSPS) is 14.5. The molecule has 0 aliphatic carbocycles. The molecule has 280 valence electrons. The van der Waals surface area contributed by atoms with Gasteiger partial charge >= 0.3 is 13.8 Å². The van der Waals surface area contributed by atoms with E-state index in [0.717, 1.165) is 70.6 Å². The lowest BCUT2D eigenvalue weighted by Gasteiger charge is -2.24. The van der Waals surface area contributed by atoms with Crippen LogP contribution in [0.15, 0.2) is 48.6 Å². The lowest BCUT2D eigenvalue weighted by Crippen LogP contribution is -2.37. The van der Waals surface area contributed by atoms with Gasteiger partial charge in [0.2, 0.25) is 0 Å². The van der Waals surface area contributed by atoms with Crippen LogP contribution in [-0.4, -0.2) is 75.6 Å². The van der Waals surface area contributed by atoms with E-state index in [0.29, 0.717) is 24.1 Å². The first-order valence-corrected chi connectivity index (χ1v) is 20.4. The summed E-state index contributed by atoms with van der Waals surface area (Å²) in [5.41, 5.74) is 0. The molecule has 0 aromatic carbocycles. The molecule has 2 unspecified atom stereocenters. The van der Waals surface area contributed by atoms with Crippen molar-refractivity contribution in [3.05, 3.63) is 48.6 Å². The second kappa shape index (κ2) is 32.7. The number of quaternary nitrogens is 1. The number of unbranched alkanes of at least 4 members (excludes halogenated alkanes) is 12. The summed E-state index contributed by atoms with van der Waals surface area (Å²) in [5, 5.41) is 0. The minimum atomic E-state index is -4.27. The smallest absolute Gasteiger partial charge is 0.457 e. The number of likely N-dealkylation sites (N-methyl/N-ethyl adjacent to an activating group) is 1. The van der Waals surface area contributed by atoms with E-state index in [1.807, 2.05) is 21.1 Å². The fraction of sp³-hybridized carbons (Fsp3) is 0.769. The van der Waals surface area contributed by atoms with Crippen LogP contribution >= 0.6 is 7.82 Å². The summed E-state index contributed by atoms with van der Waals surface area (Å²) in [6.07, 6.45) is 37.1. The molecular weight excluding hydrogens is 625 g/mol. The summed E-state index contributed by atoms with van der Waals surface area (Å²) in [4.78, 5) is 22.7. The van der Waals surface area contributed by atoms with Crippen molar-refractivity contribution in [3.63, 3.8) is 0 Å². The van der Waals surface area contributed by atoms with Crippen LogP contribution in [0.25, 0.3) is 0 Å². The molecule has 0 amide bonds. The zero-order chi connectivity index (χ0) is 35.6. The minimum Gasteiger partial charge on any atom is -0.457 e. The first-order valence-electron chi connectivity index (χ1n) is 18.9. The number of phosphoric acid groups is 1. The Balaban J connectivity index is 4.36. The number of hydrogen-bond acceptors (Lipinski definition) is 6. The highest BCUT2D eigenvalue weighted by atomic mass is 31.2. The van der Waals surface area contributed by atoms with Gasteiger partial charge in [0, 0.05) is 13.0 Å². The molecule has 0 saturated carbocycles. The fourth-order valence-electron chi connectivity index (χ4n) is 4.72. The van der Waals surface area contributed by atoms with Gasteiger partial charge < -0.3 is 18.9 Å². The van der Waals surface area contributed by atoms with Crippen LogP contribution < -0.4 is 0 Å². The Morgan fingerprint density at radius 3 is 1.79 bits per heavy atom. The first kappa shape index (κ1) is 46.5. The van der Waals surface area contributed by atoms with Crippen LogP contribution in [0.2, 0.25) is 0 Å². The van der Waals surface area contributed by atoms with Crippen molar-refractivity contribution in [3.8, 4) is 0 Å². The van der Waals surface area contributed by atoms with E-state index < -0.39 is 13.9 Å². The van der Waals surface area contributed by atoms with Crippen molar-refractivity contribution in [2.45, 2.75) is 142 Å². The molecule has 0 aliphatic heterocycles. The van der Waals surface area contributed by atoms with Gasteiger partial charge in [0.05, 0.1) is 34.4 Å². The predicted molar refractivity (Wildman–Crippen MR) is 201 cm³/mol. The van der Waals surface area contributed by atoms with Crippen molar-refractivity contribution >= 4 is 13.8 Å². The molecule has 0 rings (SSSR count). The number of carbonyl (C=O) groups excluding carboxylic acids is 1. The highest BCUT2D eigenvalue weighted by Crippen LogP contribution is 2.43. The number of nitrogens with zero attached hydrogens (tertiary/aromatic N) is 1. The maximum Gasteiger partial charge on any atom is 0.472 e. The second-order valence-corrected chi connectivity index (χ2v) is 15.0. The second-order valence-electron chi connectivity index (χ2n) is 13.6. The van der Waals surface area contributed by atoms with E-state index in [1.54, 1.807) is 0 Å². The molecule has 8 nitrogen and oxygen atoms in total. The number of esters is 1. The van der Waals surface area contributed by atoms with Crippen molar-refractivity contribution in [1.29, 1.82) is 0 Å². The molecule has 0 fully saturated rings. The highest BCUT2D eigenvalue weighted by molar-refractivity contribution is 7.47. The minimum absolute atomic E-state index is 0.0812. The standard InChI is InChI=1S/C39H72NO7P/c1-6-8-10-12-14-16-18-19-20-21-22-23-25-27-29-31-34-44-36-38(37-46-48(42,43)45-35-33-40(3,4)5)47-39(41)32-30-28-26-24-17-15-13-11-9-7-2/h8,10,14,16,19-20,22-23,38H,6-7,9,11-13,15,17-18,21,24-37H2,1-5H3/p+1/b10-8-,16-14-,20-19-,23-22-. The van der Waals surface area contributed by atoms with E-state index in [9.17, 15) is 14.3 Å². The van der Waals surface area contributed by atoms with Crippen molar-refractivity contribution in [1.82, 2.24) is 0 Å². The van der Waals surface area contributed by atoms with Crippen LogP contribution in [0.1, 0.15) is 136 Å². The molecule has 9 heteroatoms. The molecule has 0 saturated heterocycles. The summed E-state index contributed by atoms with van der Waals surface area (Å²) in [6, 6.07) is 0. The van der Waals surface area contributed by atoms with Gasteiger partial charge in [-0.1, -0.05) is 127 Å². The topological polar surface area (TPSA) is 91.3 Å². The zero-order valence-electron chi connectivity index (χ0n) is 31.5. The van der Waals surface area contributed by atoms with Gasteiger partial charge in [-0.05, 0) is 51.4 Å². The summed E-state index contributed by atoms with van der Waals surface area (Å²) in [7, 11) is 1.64. The van der Waals surface area contributed by atoms with Crippen LogP contribution in [0, 0.1) is 0 Å². The quantitative estimate of drug-likeness (QED) is 0.0235. The Morgan fingerprint density at radius 1 is 0.667 bits per heavy atom. The average molecular weight is 699 g/mol. The van der Waals surface area contributed by atoms with Gasteiger partial charge in [-0.2, -0.15) is 0 Å². The molecular formula is C39H73NO7P+. The number of carbonyl (C=O) groups is 1. The predicted octanol–water partition coefficient (Wildman–Crippen LogP) is 10.4. The van der Waals surface area contributed by atoms with E-state index in [-0.39, 0.29) is 25.8 Å². The Kier molecular flexibility index (Phi) is 31.6. The Hall–Kier alpha value is -1.54. The molecule has 0 bridgehead atoms. The van der Waals surface area contributed by atoms with Crippen LogP contribution in [0.5, 0.6) is 0 Å². The van der Waals surface area contributed by atoms with Crippen molar-refractivity contribution in [2.24, 2.45) is 0 Å². The van der Waals surface area contributed by atoms with Gasteiger partial charge in [0.15, 0.2) is 0 Å². The lowest BCUT2D eigenvalue weighted by atomic mass is 10.1. The summed E-state index contributed by atoms with van der Waals surface area (Å²) < 4.78 is 34.8.